The van der Waals surface area contributed by atoms with Crippen LogP contribution in [0.25, 0.3) is 0 Å². The predicted octanol–water partition coefficient (Wildman–Crippen LogP) is 2.41. The molecule has 0 bridgehead atoms. The van der Waals surface area contributed by atoms with Crippen molar-refractivity contribution in [2.75, 3.05) is 19.6 Å². The minimum absolute atomic E-state index is 0.296. The van der Waals surface area contributed by atoms with E-state index in [0.717, 1.165) is 25.3 Å². The van der Waals surface area contributed by atoms with Crippen LogP contribution in [-0.2, 0) is 4.79 Å². The molecule has 2 aliphatic rings. The van der Waals surface area contributed by atoms with E-state index in [1.807, 2.05) is 0 Å². The van der Waals surface area contributed by atoms with Crippen LogP contribution < -0.4 is 5.32 Å². The minimum atomic E-state index is 0.296. The number of amides is 1. The van der Waals surface area contributed by atoms with Gasteiger partial charge in [0.15, 0.2) is 0 Å². The summed E-state index contributed by atoms with van der Waals surface area (Å²) < 4.78 is 0. The summed E-state index contributed by atoms with van der Waals surface area (Å²) in [5.74, 6) is 1.41. The zero-order valence-electron chi connectivity index (χ0n) is 12.0. The lowest BCUT2D eigenvalue weighted by Gasteiger charge is -2.35. The predicted molar refractivity (Wildman–Crippen MR) is 74.4 cm³/mol. The van der Waals surface area contributed by atoms with Crippen LogP contribution in [0.4, 0.5) is 0 Å². The molecular weight excluding hydrogens is 224 g/mol. The second kappa shape index (κ2) is 6.55. The number of likely N-dealkylation sites (tertiary alicyclic amines) is 1. The summed E-state index contributed by atoms with van der Waals surface area (Å²) in [5.41, 5.74) is 0. The summed E-state index contributed by atoms with van der Waals surface area (Å²) in [5, 5.41) is 3.16. The highest BCUT2D eigenvalue weighted by Crippen LogP contribution is 2.24. The smallest absolute Gasteiger partial charge is 0.223 e. The Morgan fingerprint density at radius 2 is 2.00 bits per heavy atom. The lowest BCUT2D eigenvalue weighted by atomic mass is 9.99. The highest BCUT2D eigenvalue weighted by atomic mass is 16.1. The summed E-state index contributed by atoms with van der Waals surface area (Å²) in [6.45, 7) is 7.79. The molecule has 0 radical (unpaired) electrons. The van der Waals surface area contributed by atoms with Gasteiger partial charge < -0.3 is 5.32 Å². The lowest BCUT2D eigenvalue weighted by molar-refractivity contribution is -0.125. The monoisotopic (exact) mass is 252 g/mol. The van der Waals surface area contributed by atoms with Gasteiger partial charge in [0.2, 0.25) is 5.91 Å². The van der Waals surface area contributed by atoms with Gasteiger partial charge >= 0.3 is 0 Å². The van der Waals surface area contributed by atoms with Gasteiger partial charge in [-0.1, -0.05) is 19.8 Å². The van der Waals surface area contributed by atoms with E-state index < -0.39 is 0 Å². The van der Waals surface area contributed by atoms with Crippen LogP contribution in [0.2, 0.25) is 0 Å². The number of nitrogens with one attached hydrogen (secondary N) is 1. The van der Waals surface area contributed by atoms with Crippen molar-refractivity contribution in [3.8, 4) is 0 Å². The highest BCUT2D eigenvalue weighted by Gasteiger charge is 2.24. The van der Waals surface area contributed by atoms with Gasteiger partial charge in [0.05, 0.1) is 0 Å². The van der Waals surface area contributed by atoms with E-state index in [1.54, 1.807) is 0 Å². The molecule has 1 aliphatic carbocycles. The molecule has 3 heteroatoms. The zero-order chi connectivity index (χ0) is 13.0. The molecule has 2 atom stereocenters. The van der Waals surface area contributed by atoms with Crippen molar-refractivity contribution in [2.45, 2.75) is 58.4 Å². The average molecular weight is 252 g/mol. The number of rotatable bonds is 4. The van der Waals surface area contributed by atoms with Crippen LogP contribution in [0.5, 0.6) is 0 Å². The van der Waals surface area contributed by atoms with Crippen molar-refractivity contribution >= 4 is 5.91 Å². The first-order chi connectivity index (χ1) is 8.66. The number of piperidine rings is 1. The summed E-state index contributed by atoms with van der Waals surface area (Å²) >= 11 is 0. The Balaban J connectivity index is 1.70. The van der Waals surface area contributed by atoms with Crippen LogP contribution in [0, 0.1) is 11.8 Å². The molecule has 1 aliphatic heterocycles. The second-order valence-electron chi connectivity index (χ2n) is 6.32. The Kier molecular flexibility index (Phi) is 5.04. The third-order valence-corrected chi connectivity index (χ3v) is 4.61. The van der Waals surface area contributed by atoms with Gasteiger partial charge in [0.25, 0.3) is 0 Å². The number of nitrogens with zero attached hydrogens (tertiary/aromatic N) is 1. The Hall–Kier alpha value is -0.570. The van der Waals surface area contributed by atoms with E-state index in [0.29, 0.717) is 17.9 Å². The van der Waals surface area contributed by atoms with Crippen molar-refractivity contribution in [3.63, 3.8) is 0 Å². The average Bonchev–Trinajstić information content (AvgIpc) is 2.89. The van der Waals surface area contributed by atoms with Crippen LogP contribution >= 0.6 is 0 Å². The van der Waals surface area contributed by atoms with Gasteiger partial charge in [0, 0.05) is 25.0 Å². The van der Waals surface area contributed by atoms with Crippen molar-refractivity contribution < 1.29 is 4.79 Å². The Labute approximate surface area is 111 Å². The number of carbonyl (C=O) groups excluding carboxylic acids is 1. The molecule has 0 aromatic heterocycles. The van der Waals surface area contributed by atoms with Crippen molar-refractivity contribution in [1.29, 1.82) is 0 Å². The first-order valence-corrected chi connectivity index (χ1v) is 7.68. The molecule has 0 aromatic carbocycles. The Bertz CT molecular complexity index is 274. The molecule has 1 N–H and O–H groups in total. The van der Waals surface area contributed by atoms with Gasteiger partial charge in [-0.05, 0) is 45.1 Å². The fourth-order valence-corrected chi connectivity index (χ4v) is 3.34. The van der Waals surface area contributed by atoms with Gasteiger partial charge in [0.1, 0.15) is 0 Å². The minimum Gasteiger partial charge on any atom is -0.354 e. The molecule has 0 aromatic rings. The standard InChI is InChI=1S/C15H28N2O/c1-12-6-5-9-17(11-12)13(2)10-16-15(18)14-7-3-4-8-14/h12-14H,3-11H2,1-2H3,(H,16,18). The zero-order valence-corrected chi connectivity index (χ0v) is 12.0. The van der Waals surface area contributed by atoms with Gasteiger partial charge in [-0.15, -0.1) is 0 Å². The summed E-state index contributed by atoms with van der Waals surface area (Å²) in [6.07, 6.45) is 7.33. The summed E-state index contributed by atoms with van der Waals surface area (Å²) in [6, 6.07) is 0.484. The van der Waals surface area contributed by atoms with E-state index in [9.17, 15) is 4.79 Å². The Morgan fingerprint density at radius 3 is 2.67 bits per heavy atom. The lowest BCUT2D eigenvalue weighted by Crippen LogP contribution is -2.47. The molecule has 2 rings (SSSR count). The summed E-state index contributed by atoms with van der Waals surface area (Å²) in [7, 11) is 0. The number of hydrogen-bond acceptors (Lipinski definition) is 2. The maximum absolute atomic E-state index is 12.0. The van der Waals surface area contributed by atoms with Crippen molar-refractivity contribution in [1.82, 2.24) is 10.2 Å². The van der Waals surface area contributed by atoms with E-state index in [4.69, 9.17) is 0 Å². The van der Waals surface area contributed by atoms with Crippen LogP contribution in [0.3, 0.4) is 0 Å². The SMILES string of the molecule is CC1CCCN(C(C)CNC(=O)C2CCCC2)C1. The van der Waals surface area contributed by atoms with Crippen molar-refractivity contribution in [3.05, 3.63) is 0 Å². The molecule has 1 saturated heterocycles. The molecule has 2 fully saturated rings. The van der Waals surface area contributed by atoms with Gasteiger partial charge in [-0.2, -0.15) is 0 Å². The molecule has 18 heavy (non-hydrogen) atoms. The summed E-state index contributed by atoms with van der Waals surface area (Å²) in [4.78, 5) is 14.5. The van der Waals surface area contributed by atoms with E-state index in [2.05, 4.69) is 24.1 Å². The molecule has 104 valence electrons. The van der Waals surface area contributed by atoms with Gasteiger partial charge in [-0.25, -0.2) is 0 Å². The van der Waals surface area contributed by atoms with E-state index >= 15 is 0 Å². The van der Waals surface area contributed by atoms with E-state index in [1.165, 1.54) is 38.8 Å². The first-order valence-electron chi connectivity index (χ1n) is 7.68. The van der Waals surface area contributed by atoms with Crippen LogP contribution in [0.15, 0.2) is 0 Å². The third kappa shape index (κ3) is 3.71. The number of carbonyl (C=O) groups is 1. The highest BCUT2D eigenvalue weighted by molar-refractivity contribution is 5.78. The maximum atomic E-state index is 12.0. The number of hydrogen-bond donors (Lipinski definition) is 1. The fourth-order valence-electron chi connectivity index (χ4n) is 3.34. The third-order valence-electron chi connectivity index (χ3n) is 4.61. The topological polar surface area (TPSA) is 32.3 Å². The molecule has 2 unspecified atom stereocenters. The maximum Gasteiger partial charge on any atom is 0.223 e. The first kappa shape index (κ1) is 13.9. The molecule has 1 saturated carbocycles. The Morgan fingerprint density at radius 1 is 1.28 bits per heavy atom. The molecule has 3 nitrogen and oxygen atoms in total. The van der Waals surface area contributed by atoms with E-state index in [-0.39, 0.29) is 0 Å². The normalized spacial score (nSPS) is 28.2. The molecule has 1 heterocycles. The van der Waals surface area contributed by atoms with Crippen molar-refractivity contribution in [2.24, 2.45) is 11.8 Å². The van der Waals surface area contributed by atoms with Crippen LogP contribution in [-0.4, -0.2) is 36.5 Å². The second-order valence-corrected chi connectivity index (χ2v) is 6.32. The largest absolute Gasteiger partial charge is 0.354 e. The molecule has 0 spiro atoms. The van der Waals surface area contributed by atoms with Gasteiger partial charge in [-0.3, -0.25) is 9.69 Å². The fraction of sp³-hybridized carbons (Fsp3) is 0.933. The quantitative estimate of drug-likeness (QED) is 0.833. The molecule has 1 amide bonds. The molecular formula is C15H28N2O. The van der Waals surface area contributed by atoms with Crippen LogP contribution in [0.1, 0.15) is 52.4 Å².